The largest absolute Gasteiger partial charge is 0.369 e. The third kappa shape index (κ3) is 3.87. The van der Waals surface area contributed by atoms with Crippen LogP contribution in [-0.4, -0.2) is 11.7 Å². The molecule has 0 bridgehead atoms. The van der Waals surface area contributed by atoms with Crippen LogP contribution in [0.3, 0.4) is 0 Å². The summed E-state index contributed by atoms with van der Waals surface area (Å²) >= 11 is 1.63. The Morgan fingerprint density at radius 1 is 1.44 bits per heavy atom. The van der Waals surface area contributed by atoms with Crippen molar-refractivity contribution >= 4 is 17.7 Å². The lowest BCUT2D eigenvalue weighted by molar-refractivity contribution is -0.120. The third-order valence-electron chi connectivity index (χ3n) is 2.37. The van der Waals surface area contributed by atoms with Crippen molar-refractivity contribution in [1.29, 1.82) is 0 Å². The lowest BCUT2D eigenvalue weighted by Gasteiger charge is -2.09. The highest BCUT2D eigenvalue weighted by Gasteiger charge is 2.09. The van der Waals surface area contributed by atoms with Crippen LogP contribution < -0.4 is 11.5 Å². The molecule has 1 rings (SSSR count). The molecular weight excluding hydrogens is 220 g/mol. The second-order valence-electron chi connectivity index (χ2n) is 3.98. The van der Waals surface area contributed by atoms with Gasteiger partial charge in [0.2, 0.25) is 5.91 Å². The first kappa shape index (κ1) is 13.1. The first-order chi connectivity index (χ1) is 7.50. The summed E-state index contributed by atoms with van der Waals surface area (Å²) in [5.74, 6) is 0.345. The third-order valence-corrected chi connectivity index (χ3v) is 3.62. The van der Waals surface area contributed by atoms with Crippen LogP contribution >= 0.6 is 11.8 Å². The molecule has 0 saturated carbocycles. The summed E-state index contributed by atoms with van der Waals surface area (Å²) in [6.45, 7) is 3.79. The monoisotopic (exact) mass is 238 g/mol. The van der Waals surface area contributed by atoms with E-state index in [0.29, 0.717) is 5.75 Å². The molecule has 0 aromatic heterocycles. The number of rotatable bonds is 5. The first-order valence-corrected chi connectivity index (χ1v) is 6.27. The van der Waals surface area contributed by atoms with Crippen molar-refractivity contribution in [2.24, 2.45) is 17.4 Å². The van der Waals surface area contributed by atoms with Crippen molar-refractivity contribution < 1.29 is 4.79 Å². The average molecular weight is 238 g/mol. The van der Waals surface area contributed by atoms with Gasteiger partial charge in [-0.3, -0.25) is 4.79 Å². The minimum Gasteiger partial charge on any atom is -0.369 e. The van der Waals surface area contributed by atoms with Gasteiger partial charge in [-0.2, -0.15) is 0 Å². The van der Waals surface area contributed by atoms with Gasteiger partial charge in [-0.15, -0.1) is 11.8 Å². The Bertz CT molecular complexity index is 366. The molecule has 4 N–H and O–H groups in total. The summed E-state index contributed by atoms with van der Waals surface area (Å²) < 4.78 is 0. The zero-order valence-electron chi connectivity index (χ0n) is 9.64. The van der Waals surface area contributed by atoms with E-state index in [2.05, 4.69) is 6.07 Å². The number of carbonyl (C=O) groups excluding carboxylic acids is 1. The Morgan fingerprint density at radius 3 is 2.69 bits per heavy atom. The van der Waals surface area contributed by atoms with Gasteiger partial charge >= 0.3 is 0 Å². The van der Waals surface area contributed by atoms with Gasteiger partial charge in [0.25, 0.3) is 0 Å². The molecule has 0 aliphatic rings. The summed E-state index contributed by atoms with van der Waals surface area (Å²) in [5.41, 5.74) is 12.1. The minimum absolute atomic E-state index is 0.0362. The molecule has 0 aliphatic carbocycles. The van der Waals surface area contributed by atoms with Gasteiger partial charge in [-0.1, -0.05) is 19.1 Å². The Morgan fingerprint density at radius 2 is 2.12 bits per heavy atom. The second-order valence-corrected chi connectivity index (χ2v) is 5.07. The summed E-state index contributed by atoms with van der Waals surface area (Å²) in [6.07, 6.45) is 0. The molecule has 88 valence electrons. The smallest absolute Gasteiger partial charge is 0.221 e. The maximum atomic E-state index is 10.9. The van der Waals surface area contributed by atoms with Gasteiger partial charge in [0.15, 0.2) is 0 Å². The molecule has 0 aliphatic heterocycles. The molecule has 4 heteroatoms. The highest BCUT2D eigenvalue weighted by Crippen LogP contribution is 2.23. The Hall–Kier alpha value is -1.00. The van der Waals surface area contributed by atoms with Gasteiger partial charge in [0.05, 0.1) is 0 Å². The quantitative estimate of drug-likeness (QED) is 0.770. The van der Waals surface area contributed by atoms with E-state index < -0.39 is 0 Å². The molecule has 0 heterocycles. The van der Waals surface area contributed by atoms with Crippen LogP contribution in [0.4, 0.5) is 0 Å². The number of thioether (sulfide) groups is 1. The summed E-state index contributed by atoms with van der Waals surface area (Å²) in [7, 11) is 0. The van der Waals surface area contributed by atoms with E-state index in [1.807, 2.05) is 32.0 Å². The van der Waals surface area contributed by atoms with Crippen molar-refractivity contribution in [2.75, 3.05) is 5.75 Å². The van der Waals surface area contributed by atoms with Gasteiger partial charge in [-0.25, -0.2) is 0 Å². The number of nitrogens with two attached hydrogens (primary N) is 2. The first-order valence-electron chi connectivity index (χ1n) is 5.28. The van der Waals surface area contributed by atoms with Crippen LogP contribution in [0.5, 0.6) is 0 Å². The highest BCUT2D eigenvalue weighted by atomic mass is 32.2. The van der Waals surface area contributed by atoms with Gasteiger partial charge < -0.3 is 11.5 Å². The van der Waals surface area contributed by atoms with E-state index in [4.69, 9.17) is 11.5 Å². The van der Waals surface area contributed by atoms with Crippen LogP contribution in [0.25, 0.3) is 0 Å². The van der Waals surface area contributed by atoms with Crippen LogP contribution in [0.15, 0.2) is 29.2 Å². The normalized spacial score (nSPS) is 14.4. The van der Waals surface area contributed by atoms with Crippen molar-refractivity contribution in [3.05, 3.63) is 29.8 Å². The molecule has 0 fully saturated rings. The number of primary amides is 1. The maximum absolute atomic E-state index is 10.9. The van der Waals surface area contributed by atoms with Crippen LogP contribution in [-0.2, 0) is 4.79 Å². The van der Waals surface area contributed by atoms with E-state index in [0.717, 1.165) is 10.5 Å². The molecule has 0 saturated heterocycles. The molecule has 16 heavy (non-hydrogen) atoms. The van der Waals surface area contributed by atoms with Crippen molar-refractivity contribution in [1.82, 2.24) is 0 Å². The number of hydrogen-bond acceptors (Lipinski definition) is 3. The Kier molecular flexibility index (Phi) is 4.83. The topological polar surface area (TPSA) is 69.1 Å². The van der Waals surface area contributed by atoms with Crippen molar-refractivity contribution in [3.8, 4) is 0 Å². The zero-order chi connectivity index (χ0) is 12.1. The predicted octanol–water partition coefficient (Wildman–Crippen LogP) is 1.92. The van der Waals surface area contributed by atoms with E-state index >= 15 is 0 Å². The highest BCUT2D eigenvalue weighted by molar-refractivity contribution is 7.99. The lowest BCUT2D eigenvalue weighted by Crippen LogP contribution is -2.22. The average Bonchev–Trinajstić information content (AvgIpc) is 2.26. The molecule has 1 aromatic carbocycles. The summed E-state index contributed by atoms with van der Waals surface area (Å²) in [4.78, 5) is 12.0. The van der Waals surface area contributed by atoms with Crippen LogP contribution in [0.2, 0.25) is 0 Å². The molecule has 3 nitrogen and oxygen atoms in total. The fourth-order valence-electron chi connectivity index (χ4n) is 1.19. The molecule has 0 radical (unpaired) electrons. The van der Waals surface area contributed by atoms with Crippen LogP contribution in [0, 0.1) is 5.92 Å². The van der Waals surface area contributed by atoms with Gasteiger partial charge in [0, 0.05) is 22.6 Å². The fraction of sp³-hybridized carbons (Fsp3) is 0.417. The standard InChI is InChI=1S/C12H18N2OS/c1-8(12(14)15)7-16-11-5-3-4-10(6-11)9(2)13/h3-6,8-9H,7,13H2,1-2H3,(H2,14,15). The number of amides is 1. The molecular formula is C12H18N2OS. The van der Waals surface area contributed by atoms with Gasteiger partial charge in [-0.05, 0) is 24.6 Å². The van der Waals surface area contributed by atoms with E-state index in [1.54, 1.807) is 11.8 Å². The lowest BCUT2D eigenvalue weighted by atomic mass is 10.1. The SMILES string of the molecule is CC(CSc1cccc(C(C)N)c1)C(N)=O. The van der Waals surface area contributed by atoms with Crippen molar-refractivity contribution in [3.63, 3.8) is 0 Å². The molecule has 1 amide bonds. The van der Waals surface area contributed by atoms with E-state index in [1.165, 1.54) is 0 Å². The summed E-state index contributed by atoms with van der Waals surface area (Å²) in [5, 5.41) is 0. The zero-order valence-corrected chi connectivity index (χ0v) is 10.5. The number of hydrogen-bond donors (Lipinski definition) is 2. The Labute approximate surface area is 101 Å². The molecule has 2 atom stereocenters. The Balaban J connectivity index is 2.60. The molecule has 1 aromatic rings. The molecule has 0 spiro atoms. The van der Waals surface area contributed by atoms with Crippen molar-refractivity contribution in [2.45, 2.75) is 24.8 Å². The van der Waals surface area contributed by atoms with E-state index in [9.17, 15) is 4.79 Å². The van der Waals surface area contributed by atoms with Gasteiger partial charge in [0.1, 0.15) is 0 Å². The second kappa shape index (κ2) is 5.92. The number of carbonyl (C=O) groups is 1. The summed E-state index contributed by atoms with van der Waals surface area (Å²) in [6, 6.07) is 8.10. The minimum atomic E-state index is -0.254. The van der Waals surface area contributed by atoms with Crippen LogP contribution in [0.1, 0.15) is 25.5 Å². The maximum Gasteiger partial charge on any atom is 0.221 e. The number of benzene rings is 1. The fourth-order valence-corrected chi connectivity index (χ4v) is 2.19. The molecule has 2 unspecified atom stereocenters. The van der Waals surface area contributed by atoms with E-state index in [-0.39, 0.29) is 17.9 Å². The predicted molar refractivity (Wildman–Crippen MR) is 68.1 cm³/mol.